The third-order valence-electron chi connectivity index (χ3n) is 2.66. The first-order valence-electron chi connectivity index (χ1n) is 7.23. The van der Waals surface area contributed by atoms with Gasteiger partial charge in [0.25, 0.3) is 0 Å². The predicted molar refractivity (Wildman–Crippen MR) is 84.1 cm³/mol. The number of halogens is 3. The van der Waals surface area contributed by atoms with E-state index < -0.39 is 29.2 Å². The highest BCUT2D eigenvalue weighted by Gasteiger charge is 2.26. The van der Waals surface area contributed by atoms with Gasteiger partial charge >= 0.3 is 6.18 Å². The van der Waals surface area contributed by atoms with E-state index in [0.717, 1.165) is 0 Å². The van der Waals surface area contributed by atoms with E-state index in [9.17, 15) is 21.6 Å². The van der Waals surface area contributed by atoms with E-state index >= 15 is 0 Å². The Morgan fingerprint density at radius 3 is 2.62 bits per heavy atom. The summed E-state index contributed by atoms with van der Waals surface area (Å²) in [7, 11) is -3.67. The van der Waals surface area contributed by atoms with Gasteiger partial charge in [0.1, 0.15) is 4.90 Å². The molecule has 0 amide bonds. The fourth-order valence-corrected chi connectivity index (χ4v) is 2.59. The molecule has 136 valence electrons. The minimum Gasteiger partial charge on any atom is -0.357 e. The summed E-state index contributed by atoms with van der Waals surface area (Å²) in [5.41, 5.74) is 0. The van der Waals surface area contributed by atoms with Crippen molar-refractivity contribution in [1.82, 2.24) is 20.3 Å². The van der Waals surface area contributed by atoms with Crippen LogP contribution in [0.2, 0.25) is 0 Å². The Morgan fingerprint density at radius 1 is 1.29 bits per heavy atom. The number of hydrogen-bond donors (Lipinski definition) is 3. The van der Waals surface area contributed by atoms with Gasteiger partial charge in [0, 0.05) is 32.0 Å². The van der Waals surface area contributed by atoms with Crippen LogP contribution in [0.4, 0.5) is 13.2 Å². The fraction of sp³-hybridized carbons (Fsp3) is 0.538. The highest BCUT2D eigenvalue weighted by atomic mass is 32.2. The Morgan fingerprint density at radius 2 is 2.04 bits per heavy atom. The van der Waals surface area contributed by atoms with Gasteiger partial charge in [-0.2, -0.15) is 13.2 Å². The summed E-state index contributed by atoms with van der Waals surface area (Å²) in [5.74, 6) is 0.197. The monoisotopic (exact) mass is 367 g/mol. The molecule has 7 nitrogen and oxygen atoms in total. The molecule has 0 fully saturated rings. The summed E-state index contributed by atoms with van der Waals surface area (Å²) in [4.78, 5) is 7.55. The minimum absolute atomic E-state index is 0.0377. The van der Waals surface area contributed by atoms with Crippen LogP contribution in [0, 0.1) is 0 Å². The van der Waals surface area contributed by atoms with Crippen molar-refractivity contribution in [2.45, 2.75) is 24.4 Å². The topological polar surface area (TPSA) is 95.5 Å². The smallest absolute Gasteiger partial charge is 0.357 e. The second kappa shape index (κ2) is 9.42. The molecule has 1 aromatic rings. The van der Waals surface area contributed by atoms with Gasteiger partial charge in [-0.05, 0) is 19.1 Å². The van der Waals surface area contributed by atoms with Crippen LogP contribution < -0.4 is 15.4 Å². The molecule has 1 rings (SSSR count). The van der Waals surface area contributed by atoms with Crippen molar-refractivity contribution < 1.29 is 21.6 Å². The van der Waals surface area contributed by atoms with Crippen LogP contribution in [0.1, 0.15) is 13.3 Å². The molecule has 0 bridgehead atoms. The Bertz CT molecular complexity index is 620. The Kier molecular flexibility index (Phi) is 7.92. The number of sulfonamides is 1. The highest BCUT2D eigenvalue weighted by molar-refractivity contribution is 7.89. The Labute approximate surface area is 138 Å². The van der Waals surface area contributed by atoms with Gasteiger partial charge in [0.05, 0.1) is 13.0 Å². The Balaban J connectivity index is 2.44. The van der Waals surface area contributed by atoms with Crippen molar-refractivity contribution in [1.29, 1.82) is 0 Å². The largest absolute Gasteiger partial charge is 0.390 e. The maximum absolute atomic E-state index is 12.1. The van der Waals surface area contributed by atoms with Gasteiger partial charge in [-0.15, -0.1) is 0 Å². The first-order valence-corrected chi connectivity index (χ1v) is 8.71. The van der Waals surface area contributed by atoms with Gasteiger partial charge in [-0.1, -0.05) is 0 Å². The predicted octanol–water partition coefficient (Wildman–Crippen LogP) is 0.867. The van der Waals surface area contributed by atoms with Crippen LogP contribution in [0.25, 0.3) is 0 Å². The number of aromatic nitrogens is 1. The lowest BCUT2D eigenvalue weighted by Crippen LogP contribution is -2.41. The van der Waals surface area contributed by atoms with E-state index in [4.69, 9.17) is 0 Å². The molecule has 0 aromatic carbocycles. The highest BCUT2D eigenvalue weighted by Crippen LogP contribution is 2.18. The zero-order valence-corrected chi connectivity index (χ0v) is 13.9. The molecule has 11 heteroatoms. The second-order valence-electron chi connectivity index (χ2n) is 4.64. The third kappa shape index (κ3) is 8.11. The molecule has 0 aliphatic heterocycles. The average Bonchev–Trinajstić information content (AvgIpc) is 2.51. The van der Waals surface area contributed by atoms with Crippen molar-refractivity contribution in [2.75, 3.05) is 26.2 Å². The number of hydrogen-bond acceptors (Lipinski definition) is 4. The SMILES string of the molecule is CCNC(=NCCC(F)(F)F)NCCNS(=O)(=O)c1cccnc1. The van der Waals surface area contributed by atoms with E-state index in [-0.39, 0.29) is 23.9 Å². The number of nitrogens with zero attached hydrogens (tertiary/aromatic N) is 2. The number of pyridine rings is 1. The molecule has 0 saturated carbocycles. The number of nitrogens with one attached hydrogen (secondary N) is 3. The molecule has 0 spiro atoms. The van der Waals surface area contributed by atoms with E-state index in [2.05, 4.69) is 25.3 Å². The average molecular weight is 367 g/mol. The summed E-state index contributed by atoms with van der Waals surface area (Å²) < 4.78 is 62.5. The summed E-state index contributed by atoms with van der Waals surface area (Å²) in [5, 5.41) is 5.54. The molecule has 24 heavy (non-hydrogen) atoms. The van der Waals surface area contributed by atoms with Gasteiger partial charge in [0.2, 0.25) is 10.0 Å². The van der Waals surface area contributed by atoms with E-state index in [1.54, 1.807) is 6.92 Å². The molecule has 0 aliphatic rings. The number of aliphatic imine (C=N–C) groups is 1. The van der Waals surface area contributed by atoms with Gasteiger partial charge < -0.3 is 10.6 Å². The van der Waals surface area contributed by atoms with E-state index in [0.29, 0.717) is 6.54 Å². The zero-order valence-electron chi connectivity index (χ0n) is 13.1. The van der Waals surface area contributed by atoms with Gasteiger partial charge in [0.15, 0.2) is 5.96 Å². The lowest BCUT2D eigenvalue weighted by Gasteiger charge is -2.12. The van der Waals surface area contributed by atoms with Crippen LogP contribution in [-0.2, 0) is 10.0 Å². The fourth-order valence-electron chi connectivity index (χ4n) is 1.59. The third-order valence-corrected chi connectivity index (χ3v) is 4.11. The lowest BCUT2D eigenvalue weighted by molar-refractivity contribution is -0.132. The van der Waals surface area contributed by atoms with Crippen LogP contribution in [-0.4, -0.2) is 51.7 Å². The minimum atomic E-state index is -4.26. The van der Waals surface area contributed by atoms with Crippen molar-refractivity contribution in [3.63, 3.8) is 0 Å². The lowest BCUT2D eigenvalue weighted by atomic mass is 10.4. The van der Waals surface area contributed by atoms with Crippen molar-refractivity contribution in [3.05, 3.63) is 24.5 Å². The van der Waals surface area contributed by atoms with Crippen LogP contribution >= 0.6 is 0 Å². The number of rotatable bonds is 8. The molecule has 0 radical (unpaired) electrons. The van der Waals surface area contributed by atoms with Crippen molar-refractivity contribution >= 4 is 16.0 Å². The van der Waals surface area contributed by atoms with E-state index in [1.807, 2.05) is 0 Å². The maximum Gasteiger partial charge on any atom is 0.390 e. The standard InChI is InChI=1S/C13H20F3N5O2S/c1-2-18-12(19-7-5-13(14,15)16)20-8-9-21-24(22,23)11-4-3-6-17-10-11/h3-4,6,10,21H,2,5,7-9H2,1H3,(H2,18,19,20). The van der Waals surface area contributed by atoms with Crippen molar-refractivity contribution in [3.8, 4) is 0 Å². The summed E-state index contributed by atoms with van der Waals surface area (Å²) in [6.07, 6.45) is -2.60. The van der Waals surface area contributed by atoms with Crippen molar-refractivity contribution in [2.24, 2.45) is 4.99 Å². The molecule has 0 atom stereocenters. The molecular formula is C13H20F3N5O2S. The molecule has 1 aromatic heterocycles. The summed E-state index contributed by atoms with van der Waals surface area (Å²) in [6, 6.07) is 2.91. The van der Waals surface area contributed by atoms with Crippen LogP contribution in [0.3, 0.4) is 0 Å². The number of alkyl halides is 3. The zero-order chi connectivity index (χ0) is 18.1. The quantitative estimate of drug-likeness (QED) is 0.360. The molecule has 3 N–H and O–H groups in total. The second-order valence-corrected chi connectivity index (χ2v) is 6.41. The number of guanidine groups is 1. The molecule has 1 heterocycles. The van der Waals surface area contributed by atoms with Gasteiger partial charge in [-0.3, -0.25) is 9.98 Å². The summed E-state index contributed by atoms with van der Waals surface area (Å²) in [6.45, 7) is 2.05. The Hall–Kier alpha value is -1.88. The van der Waals surface area contributed by atoms with Crippen LogP contribution in [0.15, 0.2) is 34.4 Å². The van der Waals surface area contributed by atoms with Gasteiger partial charge in [-0.25, -0.2) is 13.1 Å². The first kappa shape index (κ1) is 20.2. The van der Waals surface area contributed by atoms with Crippen LogP contribution in [0.5, 0.6) is 0 Å². The molecular weight excluding hydrogens is 347 g/mol. The normalized spacial score (nSPS) is 12.9. The first-order chi connectivity index (χ1) is 11.2. The molecule has 0 saturated heterocycles. The van der Waals surface area contributed by atoms with E-state index in [1.165, 1.54) is 24.5 Å². The molecule has 0 unspecified atom stereocenters. The summed E-state index contributed by atoms with van der Waals surface area (Å²) >= 11 is 0. The molecule has 0 aliphatic carbocycles. The maximum atomic E-state index is 12.1.